The van der Waals surface area contributed by atoms with Gasteiger partial charge in [-0.05, 0) is 40.2 Å². The lowest BCUT2D eigenvalue weighted by Crippen LogP contribution is -2.23. The van der Waals surface area contributed by atoms with E-state index >= 15 is 0 Å². The molecule has 0 amide bonds. The molecule has 17 heavy (non-hydrogen) atoms. The highest BCUT2D eigenvalue weighted by molar-refractivity contribution is 5.33. The molecule has 0 aliphatic heterocycles. The summed E-state index contributed by atoms with van der Waals surface area (Å²) in [7, 11) is 7.35. The minimum absolute atomic E-state index is 0.00694. The summed E-state index contributed by atoms with van der Waals surface area (Å²) in [6.45, 7) is 0.905. The van der Waals surface area contributed by atoms with E-state index in [1.807, 2.05) is 27.2 Å². The fourth-order valence-electron chi connectivity index (χ4n) is 1.80. The normalized spacial score (nSPS) is 12.8. The van der Waals surface area contributed by atoms with Crippen molar-refractivity contribution in [3.05, 3.63) is 29.6 Å². The van der Waals surface area contributed by atoms with Crippen molar-refractivity contribution < 1.29 is 9.13 Å². The zero-order chi connectivity index (χ0) is 12.8. The highest BCUT2D eigenvalue weighted by Gasteiger charge is 2.16. The van der Waals surface area contributed by atoms with E-state index in [0.717, 1.165) is 13.0 Å². The maximum Gasteiger partial charge on any atom is 0.169 e. The number of nitrogens with one attached hydrogen (secondary N) is 1. The Balaban J connectivity index is 2.87. The number of rotatable bonds is 6. The van der Waals surface area contributed by atoms with Crippen LogP contribution in [-0.2, 0) is 0 Å². The minimum atomic E-state index is -0.270. The summed E-state index contributed by atoms with van der Waals surface area (Å²) in [5.74, 6) is 0.0284. The number of benzene rings is 1. The smallest absolute Gasteiger partial charge is 0.169 e. The third-order valence-corrected chi connectivity index (χ3v) is 2.80. The Labute approximate surface area is 103 Å². The predicted octanol–water partition coefficient (Wildman–Crippen LogP) is 2.05. The van der Waals surface area contributed by atoms with Crippen LogP contribution in [0.2, 0.25) is 0 Å². The molecule has 0 saturated heterocycles. The standard InChI is InChI=1S/C13H21FN2O/c1-15-11(8-9-16(2)3)10-6-5-7-12(17-4)13(10)14/h5-7,11,15H,8-9H2,1-4H3. The molecule has 1 aromatic carbocycles. The van der Waals surface area contributed by atoms with Gasteiger partial charge in [-0.15, -0.1) is 0 Å². The Morgan fingerprint density at radius 3 is 2.65 bits per heavy atom. The fourth-order valence-corrected chi connectivity index (χ4v) is 1.80. The van der Waals surface area contributed by atoms with Crippen molar-refractivity contribution in [2.24, 2.45) is 0 Å². The molecule has 3 nitrogen and oxygen atoms in total. The summed E-state index contributed by atoms with van der Waals surface area (Å²) in [6, 6.07) is 5.26. The van der Waals surface area contributed by atoms with Gasteiger partial charge in [0, 0.05) is 11.6 Å². The SMILES string of the molecule is CNC(CCN(C)C)c1cccc(OC)c1F. The summed E-state index contributed by atoms with van der Waals surface area (Å²) in [5, 5.41) is 3.14. The lowest BCUT2D eigenvalue weighted by atomic mass is 10.0. The third kappa shape index (κ3) is 3.68. The van der Waals surface area contributed by atoms with Crippen molar-refractivity contribution >= 4 is 0 Å². The van der Waals surface area contributed by atoms with Gasteiger partial charge in [0.2, 0.25) is 0 Å². The lowest BCUT2D eigenvalue weighted by molar-refractivity contribution is 0.355. The first-order valence-corrected chi connectivity index (χ1v) is 5.74. The monoisotopic (exact) mass is 240 g/mol. The van der Waals surface area contributed by atoms with Gasteiger partial charge in [-0.2, -0.15) is 0 Å². The number of ether oxygens (including phenoxy) is 1. The molecule has 0 radical (unpaired) electrons. The zero-order valence-corrected chi connectivity index (χ0v) is 11.0. The van der Waals surface area contributed by atoms with Gasteiger partial charge in [0.25, 0.3) is 0 Å². The summed E-state index contributed by atoms with van der Waals surface area (Å²) in [5.41, 5.74) is 0.661. The van der Waals surface area contributed by atoms with Crippen LogP contribution in [0, 0.1) is 5.82 Å². The fraction of sp³-hybridized carbons (Fsp3) is 0.538. The van der Waals surface area contributed by atoms with E-state index in [-0.39, 0.29) is 11.9 Å². The Morgan fingerprint density at radius 1 is 1.41 bits per heavy atom. The molecule has 1 rings (SSSR count). The molecule has 1 N–H and O–H groups in total. The van der Waals surface area contributed by atoms with Crippen LogP contribution in [0.4, 0.5) is 4.39 Å². The van der Waals surface area contributed by atoms with E-state index in [0.29, 0.717) is 11.3 Å². The highest BCUT2D eigenvalue weighted by atomic mass is 19.1. The predicted molar refractivity (Wildman–Crippen MR) is 67.9 cm³/mol. The zero-order valence-electron chi connectivity index (χ0n) is 11.0. The highest BCUT2D eigenvalue weighted by Crippen LogP contribution is 2.26. The van der Waals surface area contributed by atoms with Crippen LogP contribution in [0.25, 0.3) is 0 Å². The maximum atomic E-state index is 14.1. The van der Waals surface area contributed by atoms with Gasteiger partial charge >= 0.3 is 0 Å². The summed E-state index contributed by atoms with van der Waals surface area (Å²) >= 11 is 0. The quantitative estimate of drug-likeness (QED) is 0.823. The molecule has 1 unspecified atom stereocenters. The van der Waals surface area contributed by atoms with Crippen molar-refractivity contribution in [3.63, 3.8) is 0 Å². The Hall–Kier alpha value is -1.13. The van der Waals surface area contributed by atoms with E-state index in [2.05, 4.69) is 10.2 Å². The molecule has 4 heteroatoms. The molecule has 0 saturated carbocycles. The Morgan fingerprint density at radius 2 is 2.12 bits per heavy atom. The van der Waals surface area contributed by atoms with Gasteiger partial charge in [-0.1, -0.05) is 12.1 Å². The molecule has 0 aliphatic rings. The number of nitrogens with zero attached hydrogens (tertiary/aromatic N) is 1. The van der Waals surface area contributed by atoms with Crippen LogP contribution in [0.15, 0.2) is 18.2 Å². The first-order valence-electron chi connectivity index (χ1n) is 5.74. The number of hydrogen-bond donors (Lipinski definition) is 1. The van der Waals surface area contributed by atoms with Gasteiger partial charge in [0.05, 0.1) is 7.11 Å². The van der Waals surface area contributed by atoms with Crippen LogP contribution >= 0.6 is 0 Å². The van der Waals surface area contributed by atoms with Crippen molar-refractivity contribution in [1.29, 1.82) is 0 Å². The molecule has 1 aromatic rings. The molecule has 0 fully saturated rings. The van der Waals surface area contributed by atoms with Gasteiger partial charge in [0.1, 0.15) is 0 Å². The van der Waals surface area contributed by atoms with Crippen LogP contribution in [-0.4, -0.2) is 39.7 Å². The largest absolute Gasteiger partial charge is 0.494 e. The van der Waals surface area contributed by atoms with Crippen LogP contribution in [0.3, 0.4) is 0 Å². The van der Waals surface area contributed by atoms with Gasteiger partial charge in [0.15, 0.2) is 11.6 Å². The first-order chi connectivity index (χ1) is 8.10. The number of halogens is 1. The second-order valence-electron chi connectivity index (χ2n) is 4.30. The van der Waals surface area contributed by atoms with E-state index in [9.17, 15) is 4.39 Å². The summed E-state index contributed by atoms with van der Waals surface area (Å²) in [4.78, 5) is 2.09. The van der Waals surface area contributed by atoms with Crippen LogP contribution in [0.1, 0.15) is 18.0 Å². The molecule has 0 bridgehead atoms. The Bertz CT molecular complexity index is 355. The van der Waals surface area contributed by atoms with E-state index < -0.39 is 0 Å². The molecule has 0 heterocycles. The molecule has 0 spiro atoms. The number of hydrogen-bond acceptors (Lipinski definition) is 3. The van der Waals surface area contributed by atoms with Crippen molar-refractivity contribution in [2.45, 2.75) is 12.5 Å². The van der Waals surface area contributed by atoms with Crippen molar-refractivity contribution in [1.82, 2.24) is 10.2 Å². The summed E-state index contributed by atoms with van der Waals surface area (Å²) < 4.78 is 19.0. The molecule has 0 aromatic heterocycles. The molecular formula is C13H21FN2O. The lowest BCUT2D eigenvalue weighted by Gasteiger charge is -2.20. The third-order valence-electron chi connectivity index (χ3n) is 2.80. The van der Waals surface area contributed by atoms with Gasteiger partial charge < -0.3 is 15.0 Å². The molecular weight excluding hydrogens is 219 g/mol. The van der Waals surface area contributed by atoms with Gasteiger partial charge in [-0.3, -0.25) is 0 Å². The minimum Gasteiger partial charge on any atom is -0.494 e. The second-order valence-corrected chi connectivity index (χ2v) is 4.30. The first kappa shape index (κ1) is 13.9. The van der Waals surface area contributed by atoms with Gasteiger partial charge in [-0.25, -0.2) is 4.39 Å². The van der Waals surface area contributed by atoms with Crippen molar-refractivity contribution in [3.8, 4) is 5.75 Å². The second kappa shape index (κ2) is 6.57. The topological polar surface area (TPSA) is 24.5 Å². The van der Waals surface area contributed by atoms with Crippen molar-refractivity contribution in [2.75, 3.05) is 34.8 Å². The Kier molecular flexibility index (Phi) is 5.38. The van der Waals surface area contributed by atoms with Crippen LogP contribution < -0.4 is 10.1 Å². The van der Waals surface area contributed by atoms with Crippen LogP contribution in [0.5, 0.6) is 5.75 Å². The van der Waals surface area contributed by atoms with E-state index in [4.69, 9.17) is 4.74 Å². The molecule has 96 valence electrons. The average Bonchev–Trinajstić information content (AvgIpc) is 2.31. The molecule has 1 atom stereocenters. The maximum absolute atomic E-state index is 14.1. The average molecular weight is 240 g/mol. The summed E-state index contributed by atoms with van der Waals surface area (Å²) in [6.07, 6.45) is 0.855. The van der Waals surface area contributed by atoms with E-state index in [1.165, 1.54) is 7.11 Å². The number of methoxy groups -OCH3 is 1. The van der Waals surface area contributed by atoms with E-state index in [1.54, 1.807) is 12.1 Å². The molecule has 0 aliphatic carbocycles.